The van der Waals surface area contributed by atoms with Crippen LogP contribution in [0.15, 0.2) is 24.3 Å². The maximum absolute atomic E-state index is 12.4. The lowest BCUT2D eigenvalue weighted by molar-refractivity contribution is 0.0706. The number of aryl methyl sites for hydroxylation is 1. The molecular formula is C14H16N4O2. The van der Waals surface area contributed by atoms with Gasteiger partial charge in [-0.2, -0.15) is 0 Å². The normalized spacial score (nSPS) is 14.0. The Morgan fingerprint density at radius 1 is 1.20 bits per heavy atom. The minimum Gasteiger partial charge on any atom is -0.497 e. The summed E-state index contributed by atoms with van der Waals surface area (Å²) >= 11 is 0. The van der Waals surface area contributed by atoms with Gasteiger partial charge in [0.05, 0.1) is 13.7 Å². The number of hydrogen-bond acceptors (Lipinski definition) is 4. The van der Waals surface area contributed by atoms with Crippen LogP contribution in [0, 0.1) is 6.92 Å². The molecule has 0 saturated carbocycles. The Morgan fingerprint density at radius 3 is 2.65 bits per heavy atom. The lowest BCUT2D eigenvalue weighted by Crippen LogP contribution is -2.38. The molecule has 0 fully saturated rings. The van der Waals surface area contributed by atoms with Crippen molar-refractivity contribution in [2.45, 2.75) is 20.0 Å². The Morgan fingerprint density at radius 2 is 1.95 bits per heavy atom. The number of carbonyl (C=O) groups is 1. The molecule has 0 atom stereocenters. The SMILES string of the molecule is COc1ccc(C(=O)N2CCn3c(C)nnc3C2)cc1. The van der Waals surface area contributed by atoms with E-state index < -0.39 is 0 Å². The Bertz CT molecular complexity index is 633. The van der Waals surface area contributed by atoms with E-state index in [4.69, 9.17) is 4.74 Å². The lowest BCUT2D eigenvalue weighted by atomic mass is 10.2. The van der Waals surface area contributed by atoms with Gasteiger partial charge in [0.1, 0.15) is 11.6 Å². The van der Waals surface area contributed by atoms with E-state index in [2.05, 4.69) is 14.8 Å². The van der Waals surface area contributed by atoms with Crippen LogP contribution in [0.2, 0.25) is 0 Å². The average molecular weight is 272 g/mol. The molecule has 0 aliphatic carbocycles. The molecule has 0 N–H and O–H groups in total. The highest BCUT2D eigenvalue weighted by Crippen LogP contribution is 2.17. The fourth-order valence-electron chi connectivity index (χ4n) is 2.39. The van der Waals surface area contributed by atoms with Gasteiger partial charge < -0.3 is 14.2 Å². The first-order valence-corrected chi connectivity index (χ1v) is 6.51. The molecule has 3 rings (SSSR count). The summed E-state index contributed by atoms with van der Waals surface area (Å²) < 4.78 is 7.15. The van der Waals surface area contributed by atoms with Gasteiger partial charge >= 0.3 is 0 Å². The summed E-state index contributed by atoms with van der Waals surface area (Å²) in [4.78, 5) is 14.2. The lowest BCUT2D eigenvalue weighted by Gasteiger charge is -2.27. The minimum absolute atomic E-state index is 0.0135. The molecule has 104 valence electrons. The van der Waals surface area contributed by atoms with Crippen LogP contribution in [0.1, 0.15) is 22.0 Å². The number of methoxy groups -OCH3 is 1. The quantitative estimate of drug-likeness (QED) is 0.825. The van der Waals surface area contributed by atoms with Crippen molar-refractivity contribution in [1.82, 2.24) is 19.7 Å². The van der Waals surface area contributed by atoms with E-state index in [1.807, 2.05) is 6.92 Å². The van der Waals surface area contributed by atoms with Gasteiger partial charge in [0.25, 0.3) is 5.91 Å². The molecule has 2 heterocycles. The summed E-state index contributed by atoms with van der Waals surface area (Å²) in [5.74, 6) is 2.50. The molecule has 1 aromatic carbocycles. The summed E-state index contributed by atoms with van der Waals surface area (Å²) in [7, 11) is 1.61. The van der Waals surface area contributed by atoms with E-state index >= 15 is 0 Å². The number of benzene rings is 1. The number of carbonyl (C=O) groups excluding carboxylic acids is 1. The fourth-order valence-corrected chi connectivity index (χ4v) is 2.39. The smallest absolute Gasteiger partial charge is 0.254 e. The van der Waals surface area contributed by atoms with Gasteiger partial charge in [0.2, 0.25) is 0 Å². The molecule has 6 nitrogen and oxygen atoms in total. The molecule has 6 heteroatoms. The molecule has 0 unspecified atom stereocenters. The van der Waals surface area contributed by atoms with Crippen molar-refractivity contribution in [3.8, 4) is 5.75 Å². The average Bonchev–Trinajstić information content (AvgIpc) is 2.87. The van der Waals surface area contributed by atoms with Crippen molar-refractivity contribution < 1.29 is 9.53 Å². The van der Waals surface area contributed by atoms with Crippen LogP contribution < -0.4 is 4.74 Å². The molecule has 0 saturated heterocycles. The number of nitrogens with zero attached hydrogens (tertiary/aromatic N) is 4. The van der Waals surface area contributed by atoms with Gasteiger partial charge in [0.15, 0.2) is 5.82 Å². The molecule has 2 aromatic rings. The van der Waals surface area contributed by atoms with E-state index in [1.165, 1.54) is 0 Å². The van der Waals surface area contributed by atoms with Crippen LogP contribution in [0.25, 0.3) is 0 Å². The molecule has 1 aliphatic rings. The third kappa shape index (κ3) is 2.13. The van der Waals surface area contributed by atoms with Crippen molar-refractivity contribution in [1.29, 1.82) is 0 Å². The predicted octanol–water partition coefficient (Wildman–Crippen LogP) is 1.25. The van der Waals surface area contributed by atoms with Gasteiger partial charge in [0, 0.05) is 18.7 Å². The summed E-state index contributed by atoms with van der Waals surface area (Å²) in [5.41, 5.74) is 0.662. The van der Waals surface area contributed by atoms with Crippen molar-refractivity contribution in [3.63, 3.8) is 0 Å². The zero-order valence-electron chi connectivity index (χ0n) is 11.5. The maximum atomic E-state index is 12.4. The molecule has 0 bridgehead atoms. The topological polar surface area (TPSA) is 60.2 Å². The number of aromatic nitrogens is 3. The number of ether oxygens (including phenoxy) is 1. The van der Waals surface area contributed by atoms with Crippen LogP contribution in [0.5, 0.6) is 5.75 Å². The molecule has 20 heavy (non-hydrogen) atoms. The summed E-state index contributed by atoms with van der Waals surface area (Å²) in [5, 5.41) is 8.15. The third-order valence-corrected chi connectivity index (χ3v) is 3.56. The number of hydrogen-bond donors (Lipinski definition) is 0. The van der Waals surface area contributed by atoms with Gasteiger partial charge in [-0.1, -0.05) is 0 Å². The number of fused-ring (bicyclic) bond motifs is 1. The largest absolute Gasteiger partial charge is 0.497 e. The third-order valence-electron chi connectivity index (χ3n) is 3.56. The van der Waals surface area contributed by atoms with Crippen LogP contribution >= 0.6 is 0 Å². The standard InChI is InChI=1S/C14H16N4O2/c1-10-15-16-13-9-17(7-8-18(10)13)14(19)11-3-5-12(20-2)6-4-11/h3-6H,7-9H2,1-2H3. The van der Waals surface area contributed by atoms with Crippen LogP contribution in [-0.2, 0) is 13.1 Å². The van der Waals surface area contributed by atoms with Crippen LogP contribution in [0.4, 0.5) is 0 Å². The highest BCUT2D eigenvalue weighted by Gasteiger charge is 2.24. The first-order chi connectivity index (χ1) is 9.69. The highest BCUT2D eigenvalue weighted by molar-refractivity contribution is 5.94. The minimum atomic E-state index is 0.0135. The first kappa shape index (κ1) is 12.7. The Kier molecular flexibility index (Phi) is 3.14. The molecule has 1 amide bonds. The summed E-state index contributed by atoms with van der Waals surface area (Å²) in [6.07, 6.45) is 0. The monoisotopic (exact) mass is 272 g/mol. The molecule has 1 aromatic heterocycles. The highest BCUT2D eigenvalue weighted by atomic mass is 16.5. The Hall–Kier alpha value is -2.37. The first-order valence-electron chi connectivity index (χ1n) is 6.51. The van der Waals surface area contributed by atoms with Crippen LogP contribution in [0.3, 0.4) is 0 Å². The Labute approximate surface area is 117 Å². The molecular weight excluding hydrogens is 256 g/mol. The maximum Gasteiger partial charge on any atom is 0.254 e. The zero-order chi connectivity index (χ0) is 14.1. The second-order valence-electron chi connectivity index (χ2n) is 4.77. The van der Waals surface area contributed by atoms with E-state index in [9.17, 15) is 4.79 Å². The Balaban J connectivity index is 1.78. The van der Waals surface area contributed by atoms with E-state index in [1.54, 1.807) is 36.3 Å². The summed E-state index contributed by atoms with van der Waals surface area (Å²) in [6.45, 7) is 3.86. The molecule has 0 radical (unpaired) electrons. The molecule has 1 aliphatic heterocycles. The second-order valence-corrected chi connectivity index (χ2v) is 4.77. The van der Waals surface area contributed by atoms with Crippen molar-refractivity contribution in [3.05, 3.63) is 41.5 Å². The fraction of sp³-hybridized carbons (Fsp3) is 0.357. The van der Waals surface area contributed by atoms with Gasteiger partial charge in [-0.05, 0) is 31.2 Å². The predicted molar refractivity (Wildman–Crippen MR) is 72.5 cm³/mol. The van der Waals surface area contributed by atoms with E-state index in [0.717, 1.165) is 23.9 Å². The van der Waals surface area contributed by atoms with Crippen molar-refractivity contribution in [2.75, 3.05) is 13.7 Å². The zero-order valence-corrected chi connectivity index (χ0v) is 11.5. The second kappa shape index (κ2) is 4.96. The van der Waals surface area contributed by atoms with E-state index in [-0.39, 0.29) is 5.91 Å². The van der Waals surface area contributed by atoms with Gasteiger partial charge in [-0.25, -0.2) is 0 Å². The van der Waals surface area contributed by atoms with Crippen molar-refractivity contribution >= 4 is 5.91 Å². The van der Waals surface area contributed by atoms with Crippen molar-refractivity contribution in [2.24, 2.45) is 0 Å². The van der Waals surface area contributed by atoms with Gasteiger partial charge in [-0.3, -0.25) is 4.79 Å². The van der Waals surface area contributed by atoms with Crippen LogP contribution in [-0.4, -0.2) is 39.2 Å². The van der Waals surface area contributed by atoms with Gasteiger partial charge in [-0.15, -0.1) is 10.2 Å². The summed E-state index contributed by atoms with van der Waals surface area (Å²) in [6, 6.07) is 7.16. The number of amides is 1. The number of rotatable bonds is 2. The van der Waals surface area contributed by atoms with E-state index in [0.29, 0.717) is 18.7 Å². The molecule has 0 spiro atoms.